The molecule has 0 aromatic heterocycles. The Labute approximate surface area is 373 Å². The number of fused-ring (bicyclic) bond motifs is 5. The topological polar surface area (TPSA) is 12.5 Å². The molecule has 4 aromatic carbocycles. The van der Waals surface area contributed by atoms with Crippen LogP contribution < -0.4 is 21.2 Å². The Kier molecular flexibility index (Phi) is 13.9. The Balaban J connectivity index is 1.04. The van der Waals surface area contributed by atoms with Crippen LogP contribution in [0.4, 0.5) is 0 Å². The number of ether oxygens (including phenoxy) is 1. The van der Waals surface area contributed by atoms with Crippen molar-refractivity contribution in [3.8, 4) is 0 Å². The van der Waals surface area contributed by atoms with Crippen molar-refractivity contribution in [3.63, 3.8) is 0 Å². The van der Waals surface area contributed by atoms with Crippen LogP contribution in [0, 0.1) is 46.3 Å². The van der Waals surface area contributed by atoms with Crippen LogP contribution in [-0.4, -0.2) is 53.9 Å². The summed E-state index contributed by atoms with van der Waals surface area (Å²) < 4.78 is 10.1. The van der Waals surface area contributed by atoms with Crippen LogP contribution in [0.5, 0.6) is 0 Å². The first-order chi connectivity index (χ1) is 28.5. The second-order valence-electron chi connectivity index (χ2n) is 19.7. The molecule has 6 heteroatoms. The Morgan fingerprint density at radius 3 is 1.69 bits per heavy atom. The molecule has 0 aliphatic heterocycles. The molecule has 0 spiro atoms. The third kappa shape index (κ3) is 8.48. The van der Waals surface area contributed by atoms with Crippen LogP contribution in [0.2, 0.25) is 0 Å². The van der Waals surface area contributed by atoms with E-state index in [0.29, 0.717) is 10.8 Å². The minimum absolute atomic E-state index is 0.282. The number of hydrogen-bond donors (Lipinski definition) is 0. The summed E-state index contributed by atoms with van der Waals surface area (Å²) in [7, 11) is 0. The van der Waals surface area contributed by atoms with E-state index in [2.05, 4.69) is 197 Å². The van der Waals surface area contributed by atoms with Gasteiger partial charge in [-0.2, -0.15) is 0 Å². The Bertz CT molecular complexity index is 1940. The molecule has 0 heterocycles. The van der Waals surface area contributed by atoms with Crippen LogP contribution in [-0.2, 0) is 4.74 Å². The smallest absolute Gasteiger partial charge is 0.0591 e. The van der Waals surface area contributed by atoms with Gasteiger partial charge < -0.3 is 0 Å². The van der Waals surface area contributed by atoms with Gasteiger partial charge in [-0.25, -0.2) is 0 Å². The van der Waals surface area contributed by atoms with Gasteiger partial charge in [-0.3, -0.25) is 0 Å². The summed E-state index contributed by atoms with van der Waals surface area (Å²) >= 11 is 6.52. The van der Waals surface area contributed by atoms with Crippen molar-refractivity contribution in [2.24, 2.45) is 46.3 Å². The van der Waals surface area contributed by atoms with Crippen LogP contribution in [0.25, 0.3) is 0 Å². The van der Waals surface area contributed by atoms with Crippen LogP contribution >= 0.6 is 11.3 Å². The Hall–Kier alpha value is -1.56. The number of allylic oxidation sites excluding steroid dienone is 1. The van der Waals surface area contributed by atoms with Crippen molar-refractivity contribution in [2.45, 2.75) is 111 Å². The van der Waals surface area contributed by atoms with Gasteiger partial charge >= 0.3 is 293 Å². The summed E-state index contributed by atoms with van der Waals surface area (Å²) in [5.74, 6) is 5.23. The first-order valence-electron chi connectivity index (χ1n) is 23.0. The zero-order valence-electron chi connectivity index (χ0n) is 36.5. The van der Waals surface area contributed by atoms with Crippen molar-refractivity contribution >= 4 is 62.7 Å². The molecule has 4 aliphatic rings. The summed E-state index contributed by atoms with van der Waals surface area (Å²) in [5, 5.41) is 5.56. The van der Waals surface area contributed by atoms with Gasteiger partial charge in [0.15, 0.2) is 0 Å². The van der Waals surface area contributed by atoms with Crippen molar-refractivity contribution in [1.29, 1.82) is 0 Å². The average Bonchev–Trinajstić information content (AvgIpc) is 3.63. The van der Waals surface area contributed by atoms with E-state index >= 15 is 0 Å². The molecule has 316 valence electrons. The molecule has 2 nitrogen and oxygen atoms in total. The molecule has 59 heavy (non-hydrogen) atoms. The van der Waals surface area contributed by atoms with Crippen molar-refractivity contribution in [3.05, 3.63) is 133 Å². The maximum atomic E-state index is 7.19. The van der Waals surface area contributed by atoms with Gasteiger partial charge in [-0.05, 0) is 36.0 Å². The Morgan fingerprint density at radius 1 is 0.661 bits per heavy atom. The number of nitrogens with zero attached hydrogens (tertiary/aromatic N) is 1. The summed E-state index contributed by atoms with van der Waals surface area (Å²) in [6, 6.07) is 45.3. The molecule has 4 aromatic rings. The first kappa shape index (κ1) is 44.1. The van der Waals surface area contributed by atoms with Crippen molar-refractivity contribution < 1.29 is 4.74 Å². The van der Waals surface area contributed by atoms with Gasteiger partial charge in [0.2, 0.25) is 0 Å². The van der Waals surface area contributed by atoms with Crippen molar-refractivity contribution in [1.82, 2.24) is 4.44 Å². The second kappa shape index (κ2) is 18.7. The van der Waals surface area contributed by atoms with E-state index in [0.717, 1.165) is 55.1 Å². The van der Waals surface area contributed by atoms with E-state index in [1.54, 1.807) is 5.57 Å². The standard InChI is InChI=1S/C53H71NOP2Se2/c1-40(2)19-18-20-41(3)49-31-32-50-48-30-29-42-39-43(33-35-52(42,4)51(48)34-36-53(49,50)5)55-38-37-54(56(58,44-21-10-6-11-22-44)45-23-12-7-13-24-45)57(59,46-25-14-8-15-26-46)47-27-16-9-17-28-47/h6-17,21-29,40-41,43,48-51,58-59H,18-20,30-39H2,1-5H3/t41?,43-,48?,49?,50?,51?,52-,53+/m0/s1. The second-order valence-corrected chi connectivity index (χ2v) is 32.7. The molecule has 4 aliphatic carbocycles. The van der Waals surface area contributed by atoms with Gasteiger partial charge in [-0.1, -0.05) is 47.0 Å². The fraction of sp³-hybridized carbons (Fsp3) is 0.509. The van der Waals surface area contributed by atoms with E-state index in [-0.39, 0.29) is 6.10 Å². The molecular formula is C53H71NOP2Se2. The molecule has 8 rings (SSSR count). The van der Waals surface area contributed by atoms with Gasteiger partial charge in [0.1, 0.15) is 0 Å². The van der Waals surface area contributed by atoms with E-state index in [1.165, 1.54) is 85.4 Å². The summed E-state index contributed by atoms with van der Waals surface area (Å²) in [6.45, 7) is 14.4. The molecule has 0 saturated heterocycles. The predicted molar refractivity (Wildman–Crippen MR) is 262 cm³/mol. The van der Waals surface area contributed by atoms with Gasteiger partial charge in [0, 0.05) is 0 Å². The zero-order chi connectivity index (χ0) is 41.3. The summed E-state index contributed by atoms with van der Waals surface area (Å²) in [4.78, 5) is 0. The normalized spacial score (nSPS) is 28.7. The van der Waals surface area contributed by atoms with Crippen molar-refractivity contribution in [2.75, 3.05) is 13.2 Å². The molecule has 0 N–H and O–H groups in total. The molecule has 5 unspecified atom stereocenters. The fourth-order valence-corrected chi connectivity index (χ4v) is 32.1. The van der Waals surface area contributed by atoms with E-state index in [4.69, 9.17) is 4.74 Å². The van der Waals surface area contributed by atoms with Crippen LogP contribution in [0.1, 0.15) is 105 Å². The zero-order valence-corrected chi connectivity index (χ0v) is 42.0. The number of benzene rings is 4. The third-order valence-electron chi connectivity index (χ3n) is 16.0. The van der Waals surface area contributed by atoms with Gasteiger partial charge in [0.05, 0.1) is 0 Å². The minimum Gasteiger partial charge on any atom is -0.0591 e. The minimum atomic E-state index is -2.18. The van der Waals surface area contributed by atoms with Crippen LogP contribution in [0.3, 0.4) is 0 Å². The van der Waals surface area contributed by atoms with Gasteiger partial charge in [-0.15, -0.1) is 0 Å². The molecular weight excluding hydrogens is 886 g/mol. The van der Waals surface area contributed by atoms with Gasteiger partial charge in [0.25, 0.3) is 0 Å². The van der Waals surface area contributed by atoms with Crippen LogP contribution in [0.15, 0.2) is 133 Å². The van der Waals surface area contributed by atoms with E-state index < -0.39 is 11.3 Å². The predicted octanol–water partition coefficient (Wildman–Crippen LogP) is 11.5. The molecule has 2 radical (unpaired) electrons. The SMILES string of the molecule is CC(C)CCCC(C)C1CCC2C3CC=C4C[C@@H](OCCN(P(=[SeH])(c5ccccc5)c5ccccc5)P(=[SeH])(c5ccccc5)c5ccccc5)CC[C@]4(C)C3CC[C@]12C. The monoisotopic (exact) mass is 959 g/mol. The molecule has 0 bridgehead atoms. The molecule has 3 saturated carbocycles. The third-order valence-corrected chi connectivity index (χ3v) is 33.8. The van der Waals surface area contributed by atoms with E-state index in [1.807, 2.05) is 0 Å². The van der Waals surface area contributed by atoms with E-state index in [9.17, 15) is 0 Å². The fourth-order valence-electron chi connectivity index (χ4n) is 12.9. The number of hydrogen-bond acceptors (Lipinski definition) is 2. The quantitative estimate of drug-likeness (QED) is 0.0669. The Morgan fingerprint density at radius 2 is 1.19 bits per heavy atom. The molecule has 8 atom stereocenters. The first-order valence-corrected chi connectivity index (χ1v) is 31.5. The summed E-state index contributed by atoms with van der Waals surface area (Å²) in [6.07, 6.45) is 17.9. The average molecular weight is 958 g/mol. The summed E-state index contributed by atoms with van der Waals surface area (Å²) in [5.41, 5.74) is -1.75. The molecule has 3 fully saturated rings. The maximum absolute atomic E-state index is 7.19. The number of rotatable bonds is 15. The molecule has 0 amide bonds.